The highest BCUT2D eigenvalue weighted by Gasteiger charge is 2.23. The zero-order valence-electron chi connectivity index (χ0n) is 18.5. The molecular formula is C24H25ClN6O2. The van der Waals surface area contributed by atoms with E-state index >= 15 is 0 Å². The number of benzene rings is 2. The van der Waals surface area contributed by atoms with Crippen molar-refractivity contribution in [2.75, 3.05) is 18.9 Å². The number of anilines is 1. The average molecular weight is 465 g/mol. The van der Waals surface area contributed by atoms with Crippen molar-refractivity contribution < 1.29 is 9.53 Å². The van der Waals surface area contributed by atoms with Crippen molar-refractivity contribution in [3.05, 3.63) is 64.7 Å². The van der Waals surface area contributed by atoms with Gasteiger partial charge < -0.3 is 15.8 Å². The third-order valence-corrected chi connectivity index (χ3v) is 5.20. The number of nitrogens with zero attached hydrogens (tertiary/aromatic N) is 4. The topological polar surface area (TPSA) is 107 Å². The molecular weight excluding hydrogens is 440 g/mol. The van der Waals surface area contributed by atoms with Crippen LogP contribution in [0.3, 0.4) is 0 Å². The average Bonchev–Trinajstić information content (AvgIpc) is 3.06. The molecule has 2 aromatic carbocycles. The van der Waals surface area contributed by atoms with Crippen molar-refractivity contribution in [2.45, 2.75) is 26.4 Å². The molecule has 9 heteroatoms. The van der Waals surface area contributed by atoms with Crippen LogP contribution >= 0.6 is 11.6 Å². The Kier molecular flexibility index (Phi) is 6.86. The van der Waals surface area contributed by atoms with Gasteiger partial charge in [0.1, 0.15) is 16.9 Å². The van der Waals surface area contributed by atoms with Crippen LogP contribution in [0.15, 0.2) is 53.6 Å². The molecule has 0 bridgehead atoms. The minimum Gasteiger partial charge on any atom is -0.383 e. The zero-order valence-corrected chi connectivity index (χ0v) is 19.2. The molecule has 0 atom stereocenters. The van der Waals surface area contributed by atoms with Gasteiger partial charge in [-0.1, -0.05) is 35.9 Å². The van der Waals surface area contributed by atoms with E-state index in [1.807, 2.05) is 50.2 Å². The van der Waals surface area contributed by atoms with E-state index in [1.165, 1.54) is 4.68 Å². The smallest absolute Gasteiger partial charge is 0.257 e. The van der Waals surface area contributed by atoms with E-state index in [0.29, 0.717) is 46.8 Å². The molecule has 0 aliphatic rings. The van der Waals surface area contributed by atoms with E-state index in [4.69, 9.17) is 22.1 Å². The minimum atomic E-state index is -0.327. The monoisotopic (exact) mass is 464 g/mol. The molecule has 0 unspecified atom stereocenters. The molecule has 0 saturated heterocycles. The second-order valence-electron chi connectivity index (χ2n) is 7.78. The third-order valence-electron chi connectivity index (χ3n) is 4.95. The molecule has 2 aromatic heterocycles. The number of aromatic nitrogens is 3. The summed E-state index contributed by atoms with van der Waals surface area (Å²) in [5.41, 5.74) is 9.64. The SMILES string of the molecule is CC(C)OCCCNC(=O)c1c(N)n(/N=C/c2ccc(Cl)cc2)c2nc3ccccc3nc12. The molecule has 4 rings (SSSR count). The maximum absolute atomic E-state index is 13.1. The van der Waals surface area contributed by atoms with Crippen LogP contribution in [0, 0.1) is 0 Å². The van der Waals surface area contributed by atoms with Gasteiger partial charge in [0.2, 0.25) is 0 Å². The predicted octanol–water partition coefficient (Wildman–Crippen LogP) is 4.25. The molecule has 4 aromatic rings. The van der Waals surface area contributed by atoms with Crippen LogP contribution in [-0.2, 0) is 4.74 Å². The lowest BCUT2D eigenvalue weighted by atomic mass is 10.2. The van der Waals surface area contributed by atoms with Gasteiger partial charge in [-0.3, -0.25) is 4.79 Å². The summed E-state index contributed by atoms with van der Waals surface area (Å²) in [7, 11) is 0. The summed E-state index contributed by atoms with van der Waals surface area (Å²) in [4.78, 5) is 22.4. The molecule has 0 saturated carbocycles. The van der Waals surface area contributed by atoms with Crippen LogP contribution in [0.4, 0.5) is 5.82 Å². The quantitative estimate of drug-likeness (QED) is 0.299. The number of carbonyl (C=O) groups excluding carboxylic acids is 1. The van der Waals surface area contributed by atoms with Crippen LogP contribution in [0.2, 0.25) is 5.02 Å². The van der Waals surface area contributed by atoms with Gasteiger partial charge >= 0.3 is 0 Å². The summed E-state index contributed by atoms with van der Waals surface area (Å²) in [6.45, 7) is 4.96. The molecule has 33 heavy (non-hydrogen) atoms. The van der Waals surface area contributed by atoms with E-state index in [9.17, 15) is 4.79 Å². The van der Waals surface area contributed by atoms with Crippen LogP contribution in [0.1, 0.15) is 36.2 Å². The Morgan fingerprint density at radius 3 is 2.58 bits per heavy atom. The summed E-state index contributed by atoms with van der Waals surface area (Å²) in [5.74, 6) is -0.159. The molecule has 0 aliphatic carbocycles. The maximum Gasteiger partial charge on any atom is 0.257 e. The van der Waals surface area contributed by atoms with Crippen LogP contribution < -0.4 is 11.1 Å². The number of nitrogen functional groups attached to an aromatic ring is 1. The normalized spacial score (nSPS) is 11.8. The summed E-state index contributed by atoms with van der Waals surface area (Å²) in [6, 6.07) is 14.7. The number of hydrogen-bond acceptors (Lipinski definition) is 6. The first-order valence-electron chi connectivity index (χ1n) is 10.7. The van der Waals surface area contributed by atoms with E-state index < -0.39 is 0 Å². The van der Waals surface area contributed by atoms with Crippen molar-refractivity contribution in [3.63, 3.8) is 0 Å². The van der Waals surface area contributed by atoms with Gasteiger partial charge in [0.15, 0.2) is 5.65 Å². The highest BCUT2D eigenvalue weighted by Crippen LogP contribution is 2.27. The first-order chi connectivity index (χ1) is 15.9. The number of halogens is 1. The Morgan fingerprint density at radius 2 is 1.88 bits per heavy atom. The fraction of sp³-hybridized carbons (Fsp3) is 0.250. The first kappa shape index (κ1) is 22.7. The molecule has 1 amide bonds. The number of nitrogens with two attached hydrogens (primary N) is 1. The lowest BCUT2D eigenvalue weighted by Gasteiger charge is -2.08. The third kappa shape index (κ3) is 5.13. The van der Waals surface area contributed by atoms with Gasteiger partial charge in [-0.15, -0.1) is 0 Å². The Balaban J connectivity index is 1.71. The second kappa shape index (κ2) is 9.97. The lowest BCUT2D eigenvalue weighted by molar-refractivity contribution is 0.0757. The van der Waals surface area contributed by atoms with E-state index in [1.54, 1.807) is 18.3 Å². The minimum absolute atomic E-state index is 0.149. The molecule has 0 spiro atoms. The van der Waals surface area contributed by atoms with Crippen molar-refractivity contribution >= 4 is 51.7 Å². The molecule has 170 valence electrons. The van der Waals surface area contributed by atoms with Crippen molar-refractivity contribution in [2.24, 2.45) is 5.10 Å². The summed E-state index contributed by atoms with van der Waals surface area (Å²) >= 11 is 5.96. The fourth-order valence-corrected chi connectivity index (χ4v) is 3.47. The summed E-state index contributed by atoms with van der Waals surface area (Å²) in [6.07, 6.45) is 2.47. The molecule has 2 heterocycles. The van der Waals surface area contributed by atoms with E-state index in [0.717, 1.165) is 5.56 Å². The van der Waals surface area contributed by atoms with E-state index in [-0.39, 0.29) is 23.4 Å². The fourth-order valence-electron chi connectivity index (χ4n) is 3.34. The number of fused-ring (bicyclic) bond motifs is 2. The second-order valence-corrected chi connectivity index (χ2v) is 8.22. The molecule has 3 N–H and O–H groups in total. The number of para-hydroxylation sites is 2. The standard InChI is InChI=1S/C24H25ClN6O2/c1-15(2)33-13-5-12-27-24(32)20-21-23(30-19-7-4-3-6-18(19)29-21)31(22(20)26)28-14-16-8-10-17(25)11-9-16/h3-4,6-11,14-15H,5,12-13,26H2,1-2H3,(H,27,32)/b28-14+. The molecule has 0 fully saturated rings. The maximum atomic E-state index is 13.1. The zero-order chi connectivity index (χ0) is 23.4. The van der Waals surface area contributed by atoms with Crippen LogP contribution in [0.25, 0.3) is 22.2 Å². The molecule has 0 aliphatic heterocycles. The number of ether oxygens (including phenoxy) is 1. The van der Waals surface area contributed by atoms with Gasteiger partial charge in [-0.05, 0) is 50.1 Å². The van der Waals surface area contributed by atoms with Crippen molar-refractivity contribution in [1.82, 2.24) is 20.0 Å². The number of rotatable bonds is 8. The highest BCUT2D eigenvalue weighted by atomic mass is 35.5. The van der Waals surface area contributed by atoms with Gasteiger partial charge in [0, 0.05) is 18.2 Å². The first-order valence-corrected chi connectivity index (χ1v) is 11.1. The van der Waals surface area contributed by atoms with Gasteiger partial charge in [0.05, 0.1) is 23.4 Å². The Morgan fingerprint density at radius 1 is 1.18 bits per heavy atom. The van der Waals surface area contributed by atoms with Gasteiger partial charge in [-0.2, -0.15) is 9.78 Å². The van der Waals surface area contributed by atoms with Gasteiger partial charge in [-0.25, -0.2) is 9.97 Å². The highest BCUT2D eigenvalue weighted by molar-refractivity contribution is 6.30. The number of nitrogens with one attached hydrogen (secondary N) is 1. The van der Waals surface area contributed by atoms with Gasteiger partial charge in [0.25, 0.3) is 5.91 Å². The number of hydrogen-bond donors (Lipinski definition) is 2. The van der Waals surface area contributed by atoms with Crippen LogP contribution in [-0.4, -0.2) is 46.0 Å². The number of amides is 1. The van der Waals surface area contributed by atoms with Crippen molar-refractivity contribution in [1.29, 1.82) is 0 Å². The predicted molar refractivity (Wildman–Crippen MR) is 132 cm³/mol. The molecule has 0 radical (unpaired) electrons. The van der Waals surface area contributed by atoms with Crippen molar-refractivity contribution in [3.8, 4) is 0 Å². The largest absolute Gasteiger partial charge is 0.383 e. The van der Waals surface area contributed by atoms with Crippen LogP contribution in [0.5, 0.6) is 0 Å². The van der Waals surface area contributed by atoms with E-state index in [2.05, 4.69) is 20.4 Å². The Hall–Kier alpha value is -3.49. The Labute approximate surface area is 196 Å². The summed E-state index contributed by atoms with van der Waals surface area (Å²) < 4.78 is 6.97. The lowest BCUT2D eigenvalue weighted by Crippen LogP contribution is -2.26. The number of carbonyl (C=O) groups is 1. The Bertz CT molecular complexity index is 1310. The summed E-state index contributed by atoms with van der Waals surface area (Å²) in [5, 5.41) is 8.03. The molecule has 8 nitrogen and oxygen atoms in total.